The van der Waals surface area contributed by atoms with Crippen LogP contribution in [0.1, 0.15) is 22.4 Å². The van der Waals surface area contributed by atoms with Gasteiger partial charge in [-0.25, -0.2) is 0 Å². The van der Waals surface area contributed by atoms with Crippen LogP contribution in [0.25, 0.3) is 0 Å². The minimum Gasteiger partial charge on any atom is -0.258 e. The third kappa shape index (κ3) is 2.77. The van der Waals surface area contributed by atoms with Crippen LogP contribution in [0.15, 0.2) is 91.1 Å². The molecule has 0 atom stereocenters. The van der Waals surface area contributed by atoms with Crippen LogP contribution in [0.3, 0.4) is 0 Å². The zero-order valence-corrected chi connectivity index (χ0v) is 14.3. The van der Waals surface area contributed by atoms with Crippen molar-refractivity contribution < 1.29 is 4.92 Å². The van der Waals surface area contributed by atoms with E-state index in [4.69, 9.17) is 0 Å². The van der Waals surface area contributed by atoms with Crippen LogP contribution in [0.5, 0.6) is 0 Å². The summed E-state index contributed by atoms with van der Waals surface area (Å²) in [5.74, 6) is 0. The monoisotopic (exact) mass is 356 g/mol. The number of nitrogens with zero attached hydrogens (tertiary/aromatic N) is 3. The summed E-state index contributed by atoms with van der Waals surface area (Å²) in [7, 11) is 0. The Bertz CT molecular complexity index is 1010. The molecule has 0 unspecified atom stereocenters. The largest absolute Gasteiger partial charge is 0.269 e. The molecule has 132 valence electrons. The normalized spacial score (nSPS) is 11.3. The Morgan fingerprint density at radius 2 is 1.41 bits per heavy atom. The number of non-ortho nitro benzene ring substituents is 1. The van der Waals surface area contributed by atoms with Crippen molar-refractivity contribution in [1.82, 2.24) is 15.4 Å². The van der Waals surface area contributed by atoms with Crippen LogP contribution in [-0.2, 0) is 5.41 Å². The fraction of sp³-hybridized carbons (Fsp3) is 0.0476. The molecule has 0 saturated carbocycles. The number of H-pyrrole nitrogens is 1. The summed E-state index contributed by atoms with van der Waals surface area (Å²) in [6.45, 7) is 0. The van der Waals surface area contributed by atoms with Crippen molar-refractivity contribution in [2.45, 2.75) is 5.41 Å². The van der Waals surface area contributed by atoms with Crippen molar-refractivity contribution in [2.75, 3.05) is 0 Å². The highest BCUT2D eigenvalue weighted by Crippen LogP contribution is 2.44. The van der Waals surface area contributed by atoms with Crippen LogP contribution < -0.4 is 0 Å². The maximum absolute atomic E-state index is 11.4. The third-order valence-electron chi connectivity index (χ3n) is 4.70. The van der Waals surface area contributed by atoms with E-state index >= 15 is 0 Å². The molecule has 0 amide bonds. The molecule has 0 fully saturated rings. The zero-order valence-electron chi connectivity index (χ0n) is 14.3. The second-order valence-corrected chi connectivity index (χ2v) is 6.14. The van der Waals surface area contributed by atoms with Gasteiger partial charge in [0.15, 0.2) is 0 Å². The SMILES string of the molecule is O=[N+]([O-])c1cccc(C(c2ccccc2)(c2ccccc2)c2cn[nH]n2)c1. The fourth-order valence-electron chi connectivity index (χ4n) is 3.55. The zero-order chi connectivity index (χ0) is 18.7. The molecule has 6 nitrogen and oxygen atoms in total. The van der Waals surface area contributed by atoms with Gasteiger partial charge in [0.1, 0.15) is 5.69 Å². The van der Waals surface area contributed by atoms with E-state index in [2.05, 4.69) is 15.4 Å². The Hall–Kier alpha value is -3.80. The van der Waals surface area contributed by atoms with E-state index in [1.54, 1.807) is 18.3 Å². The molecule has 27 heavy (non-hydrogen) atoms. The Morgan fingerprint density at radius 3 is 1.93 bits per heavy atom. The molecule has 0 spiro atoms. The van der Waals surface area contributed by atoms with Gasteiger partial charge >= 0.3 is 0 Å². The lowest BCUT2D eigenvalue weighted by atomic mass is 9.67. The van der Waals surface area contributed by atoms with E-state index in [1.165, 1.54) is 6.07 Å². The highest BCUT2D eigenvalue weighted by atomic mass is 16.6. The molecular formula is C21H16N4O2. The lowest BCUT2D eigenvalue weighted by molar-refractivity contribution is -0.384. The van der Waals surface area contributed by atoms with Gasteiger partial charge in [0.2, 0.25) is 0 Å². The van der Waals surface area contributed by atoms with Crippen molar-refractivity contribution in [3.63, 3.8) is 0 Å². The van der Waals surface area contributed by atoms with Crippen molar-refractivity contribution in [3.05, 3.63) is 124 Å². The Kier molecular flexibility index (Phi) is 4.22. The highest BCUT2D eigenvalue weighted by molar-refractivity contribution is 5.59. The summed E-state index contributed by atoms with van der Waals surface area (Å²) in [5.41, 5.74) is 2.52. The summed E-state index contributed by atoms with van der Waals surface area (Å²) in [5, 5.41) is 22.5. The van der Waals surface area contributed by atoms with Crippen LogP contribution in [0, 0.1) is 10.1 Å². The smallest absolute Gasteiger partial charge is 0.258 e. The van der Waals surface area contributed by atoms with Gasteiger partial charge in [0, 0.05) is 12.1 Å². The lowest BCUT2D eigenvalue weighted by Gasteiger charge is -2.33. The predicted molar refractivity (Wildman–Crippen MR) is 101 cm³/mol. The van der Waals surface area contributed by atoms with E-state index < -0.39 is 5.41 Å². The standard InChI is InChI=1S/C21H16N4O2/c26-25(27)19-13-7-12-18(14-19)21(20-15-22-24-23-20,16-8-3-1-4-9-16)17-10-5-2-6-11-17/h1-15H,(H,22,23,24). The molecule has 0 aliphatic carbocycles. The molecule has 0 aliphatic heterocycles. The Morgan fingerprint density at radius 1 is 0.815 bits per heavy atom. The van der Waals surface area contributed by atoms with Gasteiger partial charge in [0.05, 0.1) is 16.5 Å². The fourth-order valence-corrected chi connectivity index (χ4v) is 3.55. The minimum absolute atomic E-state index is 0.0345. The summed E-state index contributed by atoms with van der Waals surface area (Å²) in [6, 6.07) is 26.4. The molecule has 6 heteroatoms. The first-order valence-corrected chi connectivity index (χ1v) is 8.45. The van der Waals surface area contributed by atoms with E-state index in [0.29, 0.717) is 5.69 Å². The average Bonchev–Trinajstić information content (AvgIpc) is 3.26. The van der Waals surface area contributed by atoms with E-state index in [9.17, 15) is 10.1 Å². The van der Waals surface area contributed by atoms with Gasteiger partial charge in [-0.05, 0) is 16.7 Å². The number of benzene rings is 3. The molecule has 1 N–H and O–H groups in total. The van der Waals surface area contributed by atoms with E-state index in [1.807, 2.05) is 66.7 Å². The first-order valence-electron chi connectivity index (χ1n) is 8.45. The molecule has 1 heterocycles. The van der Waals surface area contributed by atoms with Gasteiger partial charge in [-0.3, -0.25) is 10.1 Å². The van der Waals surface area contributed by atoms with Crippen molar-refractivity contribution in [2.24, 2.45) is 0 Å². The topological polar surface area (TPSA) is 84.7 Å². The molecule has 0 radical (unpaired) electrons. The molecule has 3 aromatic carbocycles. The number of nitrogens with one attached hydrogen (secondary N) is 1. The molecule has 0 aliphatic rings. The summed E-state index contributed by atoms with van der Waals surface area (Å²) in [6.07, 6.45) is 1.67. The number of hydrogen-bond donors (Lipinski definition) is 1. The Labute approximate surface area is 155 Å². The Balaban J connectivity index is 2.12. The maximum atomic E-state index is 11.4. The minimum atomic E-state index is -0.832. The van der Waals surface area contributed by atoms with E-state index in [0.717, 1.165) is 16.7 Å². The number of hydrogen-bond acceptors (Lipinski definition) is 4. The van der Waals surface area contributed by atoms with Gasteiger partial charge < -0.3 is 0 Å². The molecule has 0 bridgehead atoms. The van der Waals surface area contributed by atoms with Crippen LogP contribution >= 0.6 is 0 Å². The predicted octanol–water partition coefficient (Wildman–Crippen LogP) is 4.10. The number of nitro benzene ring substituents is 1. The second kappa shape index (κ2) is 6.84. The third-order valence-corrected chi connectivity index (χ3v) is 4.70. The van der Waals surface area contributed by atoms with Crippen LogP contribution in [0.2, 0.25) is 0 Å². The molecule has 4 rings (SSSR count). The number of rotatable bonds is 5. The first-order chi connectivity index (χ1) is 13.2. The quantitative estimate of drug-likeness (QED) is 0.331. The summed E-state index contributed by atoms with van der Waals surface area (Å²) < 4.78 is 0. The number of aromatic nitrogens is 3. The van der Waals surface area contributed by atoms with E-state index in [-0.39, 0.29) is 10.6 Å². The van der Waals surface area contributed by atoms with Gasteiger partial charge in [0.25, 0.3) is 5.69 Å². The van der Waals surface area contributed by atoms with Crippen molar-refractivity contribution >= 4 is 5.69 Å². The molecule has 4 aromatic rings. The van der Waals surface area contributed by atoms with Gasteiger partial charge in [-0.1, -0.05) is 72.8 Å². The van der Waals surface area contributed by atoms with Crippen molar-refractivity contribution in [1.29, 1.82) is 0 Å². The first kappa shape index (κ1) is 16.7. The maximum Gasteiger partial charge on any atom is 0.269 e. The summed E-state index contributed by atoms with van der Waals surface area (Å²) in [4.78, 5) is 11.0. The lowest BCUT2D eigenvalue weighted by Crippen LogP contribution is -2.31. The second-order valence-electron chi connectivity index (χ2n) is 6.14. The molecule has 0 saturated heterocycles. The average molecular weight is 356 g/mol. The summed E-state index contributed by atoms with van der Waals surface area (Å²) >= 11 is 0. The van der Waals surface area contributed by atoms with Crippen molar-refractivity contribution in [3.8, 4) is 0 Å². The van der Waals surface area contributed by atoms with Gasteiger partial charge in [-0.15, -0.1) is 0 Å². The molecule has 1 aromatic heterocycles. The van der Waals surface area contributed by atoms with Gasteiger partial charge in [-0.2, -0.15) is 15.4 Å². The van der Waals surface area contributed by atoms with Crippen LogP contribution in [0.4, 0.5) is 5.69 Å². The number of aromatic amines is 1. The van der Waals surface area contributed by atoms with Crippen LogP contribution in [-0.4, -0.2) is 20.3 Å². The number of nitro groups is 1. The molecular weight excluding hydrogens is 340 g/mol. The highest BCUT2D eigenvalue weighted by Gasteiger charge is 2.41.